The minimum absolute atomic E-state index is 0.276. The summed E-state index contributed by atoms with van der Waals surface area (Å²) >= 11 is 0. The van der Waals surface area contributed by atoms with Crippen LogP contribution in [-0.2, 0) is 0 Å². The van der Waals surface area contributed by atoms with Crippen molar-refractivity contribution in [3.63, 3.8) is 0 Å². The van der Waals surface area contributed by atoms with Gasteiger partial charge in [-0.2, -0.15) is 0 Å². The van der Waals surface area contributed by atoms with Crippen molar-refractivity contribution in [1.29, 1.82) is 0 Å². The van der Waals surface area contributed by atoms with Crippen LogP contribution in [0.15, 0.2) is 28.9 Å². The van der Waals surface area contributed by atoms with Gasteiger partial charge >= 0.3 is 0 Å². The van der Waals surface area contributed by atoms with E-state index in [9.17, 15) is 0 Å². The first kappa shape index (κ1) is 10.1. The van der Waals surface area contributed by atoms with Crippen molar-refractivity contribution in [1.82, 2.24) is 5.32 Å². The van der Waals surface area contributed by atoms with Crippen molar-refractivity contribution >= 4 is 11.0 Å². The van der Waals surface area contributed by atoms with Crippen LogP contribution >= 0.6 is 0 Å². The third-order valence-electron chi connectivity index (χ3n) is 2.71. The summed E-state index contributed by atoms with van der Waals surface area (Å²) in [6, 6.07) is 6.11. The van der Waals surface area contributed by atoms with E-state index in [2.05, 4.69) is 12.2 Å². The zero-order chi connectivity index (χ0) is 10.8. The van der Waals surface area contributed by atoms with Crippen molar-refractivity contribution in [3.05, 3.63) is 30.0 Å². The number of ether oxygens (including phenoxy) is 1. The van der Waals surface area contributed by atoms with Crippen LogP contribution in [-0.4, -0.2) is 14.2 Å². The highest BCUT2D eigenvalue weighted by Crippen LogP contribution is 2.29. The molecule has 0 saturated carbocycles. The Morgan fingerprint density at radius 2 is 2.20 bits per heavy atom. The highest BCUT2D eigenvalue weighted by molar-refractivity contribution is 5.83. The Balaban J connectivity index is 2.56. The first-order valence-electron chi connectivity index (χ1n) is 4.98. The van der Waals surface area contributed by atoms with Gasteiger partial charge in [-0.15, -0.1) is 0 Å². The summed E-state index contributed by atoms with van der Waals surface area (Å²) in [6.45, 7) is 2.10. The molecule has 0 bridgehead atoms. The monoisotopic (exact) mass is 205 g/mol. The predicted octanol–water partition coefficient (Wildman–Crippen LogP) is 2.72. The smallest absolute Gasteiger partial charge is 0.134 e. The number of methoxy groups -OCH3 is 1. The van der Waals surface area contributed by atoms with E-state index in [0.717, 1.165) is 22.3 Å². The Bertz CT molecular complexity index is 462. The highest BCUT2D eigenvalue weighted by atomic mass is 16.5. The van der Waals surface area contributed by atoms with E-state index in [1.165, 1.54) is 0 Å². The van der Waals surface area contributed by atoms with E-state index >= 15 is 0 Å². The molecule has 3 nitrogen and oxygen atoms in total. The molecular weight excluding hydrogens is 190 g/mol. The molecule has 1 N–H and O–H groups in total. The van der Waals surface area contributed by atoms with Crippen LogP contribution in [0.1, 0.15) is 18.5 Å². The second-order valence-electron chi connectivity index (χ2n) is 3.56. The van der Waals surface area contributed by atoms with Gasteiger partial charge in [-0.3, -0.25) is 0 Å². The molecule has 3 heteroatoms. The van der Waals surface area contributed by atoms with Gasteiger partial charge < -0.3 is 14.5 Å². The largest absolute Gasteiger partial charge is 0.497 e. The Kier molecular flexibility index (Phi) is 2.64. The SMILES string of the molecule is CNC(C)c1coc2ccc(OC)cc12. The lowest BCUT2D eigenvalue weighted by atomic mass is 10.1. The van der Waals surface area contributed by atoms with Crippen LogP contribution in [0.25, 0.3) is 11.0 Å². The lowest BCUT2D eigenvalue weighted by Gasteiger charge is -2.07. The first-order valence-corrected chi connectivity index (χ1v) is 4.98. The molecular formula is C12H15NO2. The fourth-order valence-electron chi connectivity index (χ4n) is 1.65. The third kappa shape index (κ3) is 1.70. The van der Waals surface area contributed by atoms with Crippen molar-refractivity contribution in [2.24, 2.45) is 0 Å². The summed E-state index contributed by atoms with van der Waals surface area (Å²) in [5, 5.41) is 4.30. The minimum Gasteiger partial charge on any atom is -0.497 e. The van der Waals surface area contributed by atoms with Gasteiger partial charge in [-0.1, -0.05) is 0 Å². The Labute approximate surface area is 89.0 Å². The van der Waals surface area contributed by atoms with Crippen LogP contribution in [0.3, 0.4) is 0 Å². The number of nitrogens with one attached hydrogen (secondary N) is 1. The normalized spacial score (nSPS) is 13.0. The van der Waals surface area contributed by atoms with Crippen LogP contribution < -0.4 is 10.1 Å². The molecule has 1 aromatic heterocycles. The molecule has 0 spiro atoms. The van der Waals surface area contributed by atoms with E-state index in [0.29, 0.717) is 0 Å². The van der Waals surface area contributed by atoms with Gasteiger partial charge in [-0.05, 0) is 32.2 Å². The zero-order valence-corrected chi connectivity index (χ0v) is 9.20. The molecule has 2 aromatic rings. The van der Waals surface area contributed by atoms with Crippen LogP contribution in [0.4, 0.5) is 0 Å². The molecule has 2 rings (SSSR count). The van der Waals surface area contributed by atoms with Gasteiger partial charge in [0.2, 0.25) is 0 Å². The topological polar surface area (TPSA) is 34.4 Å². The number of hydrogen-bond acceptors (Lipinski definition) is 3. The van der Waals surface area contributed by atoms with Crippen molar-refractivity contribution in [2.75, 3.05) is 14.2 Å². The fourth-order valence-corrected chi connectivity index (χ4v) is 1.65. The Morgan fingerprint density at radius 1 is 1.40 bits per heavy atom. The molecule has 0 aliphatic rings. The maximum atomic E-state index is 5.48. The number of rotatable bonds is 3. The second-order valence-corrected chi connectivity index (χ2v) is 3.56. The van der Waals surface area contributed by atoms with Crippen LogP contribution in [0.2, 0.25) is 0 Å². The van der Waals surface area contributed by atoms with E-state index in [1.54, 1.807) is 13.4 Å². The quantitative estimate of drug-likeness (QED) is 0.836. The fraction of sp³-hybridized carbons (Fsp3) is 0.333. The summed E-state index contributed by atoms with van der Waals surface area (Å²) in [5.41, 5.74) is 2.05. The molecule has 0 radical (unpaired) electrons. The number of furan rings is 1. The van der Waals surface area contributed by atoms with Gasteiger partial charge in [0.15, 0.2) is 0 Å². The van der Waals surface area contributed by atoms with E-state index in [4.69, 9.17) is 9.15 Å². The van der Waals surface area contributed by atoms with Crippen LogP contribution in [0.5, 0.6) is 5.75 Å². The average molecular weight is 205 g/mol. The number of hydrogen-bond donors (Lipinski definition) is 1. The van der Waals surface area contributed by atoms with Crippen molar-refractivity contribution in [2.45, 2.75) is 13.0 Å². The summed E-state index contributed by atoms with van der Waals surface area (Å²) < 4.78 is 10.7. The summed E-state index contributed by atoms with van der Waals surface area (Å²) in [7, 11) is 3.60. The third-order valence-corrected chi connectivity index (χ3v) is 2.71. The molecule has 15 heavy (non-hydrogen) atoms. The van der Waals surface area contributed by atoms with Gasteiger partial charge in [0.1, 0.15) is 11.3 Å². The molecule has 0 saturated heterocycles. The lowest BCUT2D eigenvalue weighted by Crippen LogP contribution is -2.11. The number of fused-ring (bicyclic) bond motifs is 1. The molecule has 0 amide bonds. The Hall–Kier alpha value is -1.48. The summed E-state index contributed by atoms with van der Waals surface area (Å²) in [5.74, 6) is 0.855. The minimum atomic E-state index is 0.276. The van der Waals surface area contributed by atoms with Crippen LogP contribution in [0, 0.1) is 0 Å². The molecule has 1 heterocycles. The lowest BCUT2D eigenvalue weighted by molar-refractivity contribution is 0.415. The van der Waals surface area contributed by atoms with Gasteiger partial charge in [0.25, 0.3) is 0 Å². The average Bonchev–Trinajstić information content (AvgIpc) is 2.70. The Morgan fingerprint density at radius 3 is 2.87 bits per heavy atom. The second kappa shape index (κ2) is 3.95. The molecule has 1 atom stereocenters. The number of benzene rings is 1. The highest BCUT2D eigenvalue weighted by Gasteiger charge is 2.11. The van der Waals surface area contributed by atoms with Crippen molar-refractivity contribution < 1.29 is 9.15 Å². The summed E-state index contributed by atoms with van der Waals surface area (Å²) in [6.07, 6.45) is 1.80. The van der Waals surface area contributed by atoms with Gasteiger partial charge in [0, 0.05) is 17.0 Å². The maximum absolute atomic E-state index is 5.48. The standard InChI is InChI=1S/C12H15NO2/c1-8(13-2)11-7-15-12-5-4-9(14-3)6-10(11)12/h4-8,13H,1-3H3. The van der Waals surface area contributed by atoms with Gasteiger partial charge in [0.05, 0.1) is 13.4 Å². The molecule has 0 fully saturated rings. The molecule has 0 aliphatic heterocycles. The molecule has 1 unspecified atom stereocenters. The molecule has 80 valence electrons. The van der Waals surface area contributed by atoms with Crippen molar-refractivity contribution in [3.8, 4) is 5.75 Å². The van der Waals surface area contributed by atoms with E-state index in [-0.39, 0.29) is 6.04 Å². The zero-order valence-electron chi connectivity index (χ0n) is 9.20. The predicted molar refractivity (Wildman–Crippen MR) is 60.2 cm³/mol. The van der Waals surface area contributed by atoms with E-state index in [1.807, 2.05) is 25.2 Å². The molecule has 0 aliphatic carbocycles. The van der Waals surface area contributed by atoms with E-state index < -0.39 is 0 Å². The maximum Gasteiger partial charge on any atom is 0.134 e. The first-order chi connectivity index (χ1) is 7.26. The summed E-state index contributed by atoms with van der Waals surface area (Å²) in [4.78, 5) is 0. The van der Waals surface area contributed by atoms with Gasteiger partial charge in [-0.25, -0.2) is 0 Å². The molecule has 1 aromatic carbocycles.